The van der Waals surface area contributed by atoms with Crippen LogP contribution in [-0.4, -0.2) is 22.7 Å². The Kier molecular flexibility index (Phi) is 4.90. The molecule has 1 aliphatic rings. The molecule has 2 rings (SSSR count). The second-order valence-corrected chi connectivity index (χ2v) is 5.94. The molecule has 1 aromatic heterocycles. The Morgan fingerprint density at radius 3 is 2.70 bits per heavy atom. The van der Waals surface area contributed by atoms with Crippen molar-refractivity contribution in [3.63, 3.8) is 0 Å². The number of pyridine rings is 1. The quantitative estimate of drug-likeness (QED) is 0.868. The molecule has 0 saturated heterocycles. The van der Waals surface area contributed by atoms with E-state index in [-0.39, 0.29) is 28.9 Å². The highest BCUT2D eigenvalue weighted by molar-refractivity contribution is 9.10. The smallest absolute Gasteiger partial charge is 0.396 e. The minimum absolute atomic E-state index is 0.0183. The number of nitrogens with zero attached hydrogens (tertiary/aromatic N) is 1. The number of rotatable bonds is 3. The van der Waals surface area contributed by atoms with Crippen LogP contribution < -0.4 is 5.32 Å². The number of anilines is 1. The van der Waals surface area contributed by atoms with Crippen LogP contribution in [0.4, 0.5) is 19.0 Å². The maximum absolute atomic E-state index is 13.0. The molecule has 0 aromatic carbocycles. The van der Waals surface area contributed by atoms with E-state index in [0.29, 0.717) is 0 Å². The zero-order chi connectivity index (χ0) is 14.8. The standard InChI is InChI=1S/C13H16BrF3N2O/c14-9-5-10(13(15,16)17)12(18-6-9)19-11-4-2-1-3-8(11)7-20/h5-6,8,11,20H,1-4,7H2,(H,18,19). The van der Waals surface area contributed by atoms with Crippen LogP contribution in [0.5, 0.6) is 0 Å². The van der Waals surface area contributed by atoms with Crippen molar-refractivity contribution in [1.82, 2.24) is 4.98 Å². The van der Waals surface area contributed by atoms with Crippen molar-refractivity contribution in [2.75, 3.05) is 11.9 Å². The van der Waals surface area contributed by atoms with E-state index in [0.717, 1.165) is 31.7 Å². The molecule has 0 aliphatic heterocycles. The molecule has 7 heteroatoms. The lowest BCUT2D eigenvalue weighted by Crippen LogP contribution is -2.35. The van der Waals surface area contributed by atoms with Gasteiger partial charge in [0.2, 0.25) is 0 Å². The van der Waals surface area contributed by atoms with Gasteiger partial charge in [-0.1, -0.05) is 12.8 Å². The van der Waals surface area contributed by atoms with Crippen molar-refractivity contribution < 1.29 is 18.3 Å². The van der Waals surface area contributed by atoms with Gasteiger partial charge < -0.3 is 10.4 Å². The summed E-state index contributed by atoms with van der Waals surface area (Å²) in [6.07, 6.45) is 0.415. The lowest BCUT2D eigenvalue weighted by Gasteiger charge is -2.32. The number of nitrogens with one attached hydrogen (secondary N) is 1. The van der Waals surface area contributed by atoms with Crippen molar-refractivity contribution >= 4 is 21.7 Å². The van der Waals surface area contributed by atoms with Gasteiger partial charge in [0.15, 0.2) is 0 Å². The summed E-state index contributed by atoms with van der Waals surface area (Å²) in [5, 5.41) is 12.2. The SMILES string of the molecule is OCC1CCCCC1Nc1ncc(Br)cc1C(F)(F)F. The Morgan fingerprint density at radius 1 is 1.35 bits per heavy atom. The fraction of sp³-hybridized carbons (Fsp3) is 0.615. The van der Waals surface area contributed by atoms with Gasteiger partial charge in [-0.25, -0.2) is 4.98 Å². The number of hydrogen-bond acceptors (Lipinski definition) is 3. The number of aliphatic hydroxyl groups excluding tert-OH is 1. The maximum atomic E-state index is 13.0. The largest absolute Gasteiger partial charge is 0.419 e. The fourth-order valence-electron chi connectivity index (χ4n) is 2.56. The fourth-order valence-corrected chi connectivity index (χ4v) is 2.89. The summed E-state index contributed by atoms with van der Waals surface area (Å²) in [6.45, 7) is -0.0183. The van der Waals surface area contributed by atoms with E-state index in [2.05, 4.69) is 26.2 Å². The maximum Gasteiger partial charge on any atom is 0.419 e. The number of hydrogen-bond donors (Lipinski definition) is 2. The lowest BCUT2D eigenvalue weighted by atomic mass is 9.85. The first-order valence-corrected chi connectivity index (χ1v) is 7.31. The molecule has 2 unspecified atom stereocenters. The summed E-state index contributed by atoms with van der Waals surface area (Å²) in [6, 6.07) is 0.857. The molecule has 0 bridgehead atoms. The second kappa shape index (κ2) is 6.30. The predicted octanol–water partition coefficient (Wildman–Crippen LogP) is 3.83. The summed E-state index contributed by atoms with van der Waals surface area (Å²) in [5.74, 6) is -0.179. The number of alkyl halides is 3. The monoisotopic (exact) mass is 352 g/mol. The van der Waals surface area contributed by atoms with Gasteiger partial charge in [-0.15, -0.1) is 0 Å². The summed E-state index contributed by atoms with van der Waals surface area (Å²) >= 11 is 3.01. The molecule has 112 valence electrons. The van der Waals surface area contributed by atoms with E-state index in [9.17, 15) is 18.3 Å². The normalized spacial score (nSPS) is 23.6. The Hall–Kier alpha value is -0.820. The molecule has 1 heterocycles. The number of halogens is 4. The lowest BCUT2D eigenvalue weighted by molar-refractivity contribution is -0.137. The molecule has 1 saturated carbocycles. The van der Waals surface area contributed by atoms with E-state index in [4.69, 9.17) is 0 Å². The Balaban J connectivity index is 2.24. The average molecular weight is 353 g/mol. The molecule has 0 amide bonds. The van der Waals surface area contributed by atoms with Gasteiger partial charge >= 0.3 is 6.18 Å². The van der Waals surface area contributed by atoms with Crippen LogP contribution in [0.25, 0.3) is 0 Å². The Morgan fingerprint density at radius 2 is 2.05 bits per heavy atom. The van der Waals surface area contributed by atoms with E-state index >= 15 is 0 Å². The molecule has 0 radical (unpaired) electrons. The van der Waals surface area contributed by atoms with Gasteiger partial charge in [0.1, 0.15) is 5.82 Å². The minimum atomic E-state index is -4.46. The van der Waals surface area contributed by atoms with E-state index in [1.807, 2.05) is 0 Å². The van der Waals surface area contributed by atoms with Gasteiger partial charge in [-0.3, -0.25) is 0 Å². The molecule has 20 heavy (non-hydrogen) atoms. The molecule has 1 aliphatic carbocycles. The molecular weight excluding hydrogens is 337 g/mol. The first-order chi connectivity index (χ1) is 9.41. The zero-order valence-electron chi connectivity index (χ0n) is 10.8. The summed E-state index contributed by atoms with van der Waals surface area (Å²) in [5.41, 5.74) is -0.783. The Bertz CT molecular complexity index is 467. The molecule has 1 aromatic rings. The van der Waals surface area contributed by atoms with Crippen molar-refractivity contribution in [3.8, 4) is 0 Å². The van der Waals surface area contributed by atoms with Crippen molar-refractivity contribution in [3.05, 3.63) is 22.3 Å². The minimum Gasteiger partial charge on any atom is -0.396 e. The third kappa shape index (κ3) is 3.63. The van der Waals surface area contributed by atoms with Gasteiger partial charge in [-0.2, -0.15) is 13.2 Å². The first kappa shape index (κ1) is 15.6. The van der Waals surface area contributed by atoms with Crippen molar-refractivity contribution in [2.45, 2.75) is 37.9 Å². The van der Waals surface area contributed by atoms with Gasteiger partial charge in [0, 0.05) is 29.2 Å². The van der Waals surface area contributed by atoms with Crippen LogP contribution in [-0.2, 0) is 6.18 Å². The van der Waals surface area contributed by atoms with Gasteiger partial charge in [0.25, 0.3) is 0 Å². The van der Waals surface area contributed by atoms with Crippen LogP contribution in [0, 0.1) is 5.92 Å². The third-order valence-corrected chi connectivity index (χ3v) is 4.06. The zero-order valence-corrected chi connectivity index (χ0v) is 12.3. The molecular formula is C13H16BrF3N2O. The highest BCUT2D eigenvalue weighted by atomic mass is 79.9. The number of aliphatic hydroxyl groups is 1. The van der Waals surface area contributed by atoms with Crippen molar-refractivity contribution in [1.29, 1.82) is 0 Å². The summed E-state index contributed by atoms with van der Waals surface area (Å²) in [4.78, 5) is 3.85. The van der Waals surface area contributed by atoms with Crippen LogP contribution in [0.3, 0.4) is 0 Å². The Labute approximate surface area is 123 Å². The van der Waals surface area contributed by atoms with Crippen LogP contribution in [0.15, 0.2) is 16.7 Å². The highest BCUT2D eigenvalue weighted by Crippen LogP contribution is 2.37. The van der Waals surface area contributed by atoms with Gasteiger partial charge in [-0.05, 0) is 34.8 Å². The topological polar surface area (TPSA) is 45.1 Å². The van der Waals surface area contributed by atoms with Gasteiger partial charge in [0.05, 0.1) is 5.56 Å². The predicted molar refractivity (Wildman–Crippen MR) is 73.4 cm³/mol. The van der Waals surface area contributed by atoms with Crippen molar-refractivity contribution in [2.24, 2.45) is 5.92 Å². The first-order valence-electron chi connectivity index (χ1n) is 6.52. The second-order valence-electron chi connectivity index (χ2n) is 5.03. The number of aromatic nitrogens is 1. The molecule has 2 N–H and O–H groups in total. The van der Waals surface area contributed by atoms with E-state index in [1.54, 1.807) is 0 Å². The average Bonchev–Trinajstić information content (AvgIpc) is 2.40. The molecule has 0 spiro atoms. The van der Waals surface area contributed by atoms with Crippen LogP contribution >= 0.6 is 15.9 Å². The molecule has 1 fully saturated rings. The summed E-state index contributed by atoms with van der Waals surface area (Å²) in [7, 11) is 0. The van der Waals surface area contributed by atoms with Crippen LogP contribution in [0.2, 0.25) is 0 Å². The highest BCUT2D eigenvalue weighted by Gasteiger charge is 2.36. The van der Waals surface area contributed by atoms with Crippen LogP contribution in [0.1, 0.15) is 31.2 Å². The van der Waals surface area contributed by atoms with E-state index in [1.165, 1.54) is 6.20 Å². The molecule has 3 nitrogen and oxygen atoms in total. The summed E-state index contributed by atoms with van der Waals surface area (Å²) < 4.78 is 39.3. The third-order valence-electron chi connectivity index (χ3n) is 3.63. The molecule has 2 atom stereocenters. The van der Waals surface area contributed by atoms with E-state index < -0.39 is 11.7 Å².